The van der Waals surface area contributed by atoms with Gasteiger partial charge in [-0.2, -0.15) is 5.26 Å². The molecule has 0 atom stereocenters. The highest BCUT2D eigenvalue weighted by molar-refractivity contribution is 7.80. The molecular weight excluding hydrogens is 216 g/mol. The van der Waals surface area contributed by atoms with Gasteiger partial charge in [0.25, 0.3) is 0 Å². The molecule has 0 unspecified atom stereocenters. The zero-order valence-corrected chi connectivity index (χ0v) is 9.70. The summed E-state index contributed by atoms with van der Waals surface area (Å²) in [6, 6.07) is 13.7. The molecule has 0 N–H and O–H groups in total. The van der Waals surface area contributed by atoms with Crippen LogP contribution in [0.15, 0.2) is 41.4 Å². The standard InChI is InChI=1S/C13H10N2S/c1-9-2-4-10(5-3-9)12-7-6-11(8-14)13(16)15-12/h2-7H,1H3,(H,15,16). The van der Waals surface area contributed by atoms with Crippen molar-refractivity contribution >= 4 is 12.6 Å². The highest BCUT2D eigenvalue weighted by atomic mass is 32.1. The van der Waals surface area contributed by atoms with E-state index in [1.165, 1.54) is 5.56 Å². The van der Waals surface area contributed by atoms with Gasteiger partial charge in [-0.1, -0.05) is 29.8 Å². The Hall–Kier alpha value is -1.79. The smallest absolute Gasteiger partial charge is 0.111 e. The first-order chi connectivity index (χ1) is 7.70. The molecule has 16 heavy (non-hydrogen) atoms. The van der Waals surface area contributed by atoms with E-state index in [-0.39, 0.29) is 0 Å². The monoisotopic (exact) mass is 226 g/mol. The molecule has 3 heteroatoms. The molecule has 1 aromatic heterocycles. The number of nitriles is 1. The van der Waals surface area contributed by atoms with E-state index in [2.05, 4.69) is 17.6 Å². The summed E-state index contributed by atoms with van der Waals surface area (Å²) in [5.74, 6) is 0. The molecule has 0 aliphatic rings. The van der Waals surface area contributed by atoms with Crippen LogP contribution < -0.4 is 0 Å². The molecule has 2 rings (SSSR count). The number of hydrogen-bond donors (Lipinski definition) is 1. The third-order valence-corrected chi connectivity index (χ3v) is 2.68. The number of aromatic nitrogens is 1. The number of pyridine rings is 1. The molecule has 2 nitrogen and oxygen atoms in total. The second-order valence-corrected chi connectivity index (χ2v) is 3.97. The number of rotatable bonds is 1. The van der Waals surface area contributed by atoms with E-state index in [1.54, 1.807) is 6.07 Å². The summed E-state index contributed by atoms with van der Waals surface area (Å²) in [4.78, 5) is 4.29. The highest BCUT2D eigenvalue weighted by Crippen LogP contribution is 2.20. The largest absolute Gasteiger partial charge is 0.240 e. The van der Waals surface area contributed by atoms with Gasteiger partial charge in [0.1, 0.15) is 11.1 Å². The second-order valence-electron chi connectivity index (χ2n) is 3.55. The van der Waals surface area contributed by atoms with Crippen LogP contribution in [0, 0.1) is 18.3 Å². The maximum absolute atomic E-state index is 8.78. The van der Waals surface area contributed by atoms with Gasteiger partial charge in [-0.25, -0.2) is 4.98 Å². The lowest BCUT2D eigenvalue weighted by Gasteiger charge is -2.03. The Morgan fingerprint density at radius 1 is 1.12 bits per heavy atom. The second kappa shape index (κ2) is 4.38. The number of hydrogen-bond acceptors (Lipinski definition) is 3. The predicted octanol–water partition coefficient (Wildman–Crippen LogP) is 3.22. The third kappa shape index (κ3) is 2.07. The summed E-state index contributed by atoms with van der Waals surface area (Å²) in [5, 5.41) is 9.25. The Morgan fingerprint density at radius 2 is 1.81 bits per heavy atom. The lowest BCUT2D eigenvalue weighted by atomic mass is 10.1. The van der Waals surface area contributed by atoms with Crippen molar-refractivity contribution in [3.05, 3.63) is 47.5 Å². The molecule has 0 spiro atoms. The molecule has 2 aromatic rings. The first kappa shape index (κ1) is 10.7. The molecule has 0 aliphatic carbocycles. The molecule has 0 saturated heterocycles. The van der Waals surface area contributed by atoms with Crippen molar-refractivity contribution < 1.29 is 0 Å². The summed E-state index contributed by atoms with van der Waals surface area (Å²) < 4.78 is 0. The van der Waals surface area contributed by atoms with E-state index in [0.29, 0.717) is 10.6 Å². The van der Waals surface area contributed by atoms with Crippen LogP contribution in [0.2, 0.25) is 0 Å². The van der Waals surface area contributed by atoms with Crippen LogP contribution in [0.1, 0.15) is 11.1 Å². The van der Waals surface area contributed by atoms with Gasteiger partial charge in [-0.3, -0.25) is 0 Å². The minimum absolute atomic E-state index is 0.473. The van der Waals surface area contributed by atoms with Crippen molar-refractivity contribution in [3.8, 4) is 17.3 Å². The summed E-state index contributed by atoms with van der Waals surface area (Å²) in [5.41, 5.74) is 3.58. The summed E-state index contributed by atoms with van der Waals surface area (Å²) in [6.07, 6.45) is 0. The van der Waals surface area contributed by atoms with Gasteiger partial charge in [0.15, 0.2) is 0 Å². The topological polar surface area (TPSA) is 36.7 Å². The summed E-state index contributed by atoms with van der Waals surface area (Å²) in [6.45, 7) is 2.04. The first-order valence-electron chi connectivity index (χ1n) is 4.88. The molecule has 1 heterocycles. The third-order valence-electron chi connectivity index (χ3n) is 2.34. The van der Waals surface area contributed by atoms with Crippen molar-refractivity contribution in [2.45, 2.75) is 11.9 Å². The van der Waals surface area contributed by atoms with Crippen LogP contribution in [0.4, 0.5) is 0 Å². The fourth-order valence-corrected chi connectivity index (χ4v) is 1.65. The van der Waals surface area contributed by atoms with Crippen LogP contribution >= 0.6 is 12.6 Å². The van der Waals surface area contributed by atoms with E-state index >= 15 is 0 Å². The Kier molecular flexibility index (Phi) is 2.93. The fourth-order valence-electron chi connectivity index (χ4n) is 1.42. The van der Waals surface area contributed by atoms with Gasteiger partial charge in [0.2, 0.25) is 0 Å². The lowest BCUT2D eigenvalue weighted by Crippen LogP contribution is -1.88. The quantitative estimate of drug-likeness (QED) is 0.758. The minimum atomic E-state index is 0.473. The normalized spacial score (nSPS) is 9.81. The van der Waals surface area contributed by atoms with Gasteiger partial charge in [-0.05, 0) is 19.1 Å². The maximum Gasteiger partial charge on any atom is 0.111 e. The van der Waals surface area contributed by atoms with Crippen LogP contribution in [0.25, 0.3) is 11.3 Å². The van der Waals surface area contributed by atoms with E-state index in [1.807, 2.05) is 43.3 Å². The van der Waals surface area contributed by atoms with Crippen molar-refractivity contribution in [1.29, 1.82) is 5.26 Å². The lowest BCUT2D eigenvalue weighted by molar-refractivity contribution is 1.12. The van der Waals surface area contributed by atoms with Gasteiger partial charge >= 0.3 is 0 Å². The van der Waals surface area contributed by atoms with Gasteiger partial charge in [0.05, 0.1) is 11.3 Å². The average molecular weight is 226 g/mol. The summed E-state index contributed by atoms with van der Waals surface area (Å²) in [7, 11) is 0. The van der Waals surface area contributed by atoms with Crippen LogP contribution in [0.5, 0.6) is 0 Å². The number of benzene rings is 1. The minimum Gasteiger partial charge on any atom is -0.240 e. The van der Waals surface area contributed by atoms with Crippen molar-refractivity contribution in [3.63, 3.8) is 0 Å². The van der Waals surface area contributed by atoms with Gasteiger partial charge in [-0.15, -0.1) is 12.6 Å². The Bertz CT molecular complexity index is 553. The SMILES string of the molecule is Cc1ccc(-c2ccc(C#N)c(S)n2)cc1. The number of nitrogens with zero attached hydrogens (tertiary/aromatic N) is 2. The van der Waals surface area contributed by atoms with Crippen molar-refractivity contribution in [2.75, 3.05) is 0 Å². The first-order valence-corrected chi connectivity index (χ1v) is 5.32. The summed E-state index contributed by atoms with van der Waals surface area (Å²) >= 11 is 4.18. The van der Waals surface area contributed by atoms with Gasteiger partial charge in [0, 0.05) is 5.56 Å². The van der Waals surface area contributed by atoms with E-state index < -0.39 is 0 Å². The molecule has 78 valence electrons. The van der Waals surface area contributed by atoms with E-state index in [9.17, 15) is 0 Å². The molecule has 0 bridgehead atoms. The molecule has 0 aliphatic heterocycles. The average Bonchev–Trinajstić information content (AvgIpc) is 2.30. The van der Waals surface area contributed by atoms with Crippen LogP contribution in [0.3, 0.4) is 0 Å². The Balaban J connectivity index is 2.46. The molecule has 0 amide bonds. The van der Waals surface area contributed by atoms with Crippen LogP contribution in [-0.2, 0) is 0 Å². The molecule has 0 radical (unpaired) electrons. The number of thiol groups is 1. The zero-order valence-electron chi connectivity index (χ0n) is 8.81. The van der Waals surface area contributed by atoms with Crippen molar-refractivity contribution in [2.24, 2.45) is 0 Å². The highest BCUT2D eigenvalue weighted by Gasteiger charge is 2.03. The van der Waals surface area contributed by atoms with Crippen LogP contribution in [-0.4, -0.2) is 4.98 Å². The predicted molar refractivity (Wildman–Crippen MR) is 66.4 cm³/mol. The molecular formula is C13H10N2S. The zero-order chi connectivity index (χ0) is 11.5. The van der Waals surface area contributed by atoms with E-state index in [4.69, 9.17) is 5.26 Å². The molecule has 1 aromatic carbocycles. The van der Waals surface area contributed by atoms with Gasteiger partial charge < -0.3 is 0 Å². The fraction of sp³-hybridized carbons (Fsp3) is 0.0769. The Morgan fingerprint density at radius 3 is 2.38 bits per heavy atom. The Labute approximate surface area is 100.0 Å². The maximum atomic E-state index is 8.78. The number of aryl methyl sites for hydroxylation is 1. The van der Waals surface area contributed by atoms with Crippen molar-refractivity contribution in [1.82, 2.24) is 4.98 Å². The van der Waals surface area contributed by atoms with E-state index in [0.717, 1.165) is 11.3 Å². The molecule has 0 saturated carbocycles. The molecule has 0 fully saturated rings.